The molecule has 2 nitrogen and oxygen atoms in total. The fourth-order valence-electron chi connectivity index (χ4n) is 2.54. The molecule has 0 amide bonds. The van der Waals surface area contributed by atoms with Gasteiger partial charge in [0.05, 0.1) is 12.1 Å². The van der Waals surface area contributed by atoms with Crippen LogP contribution in [0.3, 0.4) is 0 Å². The summed E-state index contributed by atoms with van der Waals surface area (Å²) in [4.78, 5) is 0. The quantitative estimate of drug-likeness (QED) is 0.853. The molecule has 1 saturated heterocycles. The molecule has 1 N–H and O–H groups in total. The van der Waals surface area contributed by atoms with Gasteiger partial charge in [-0.15, -0.1) is 0 Å². The van der Waals surface area contributed by atoms with Crippen LogP contribution in [0.1, 0.15) is 31.4 Å². The van der Waals surface area contributed by atoms with Gasteiger partial charge in [-0.25, -0.2) is 0 Å². The molecule has 1 aromatic rings. The van der Waals surface area contributed by atoms with Gasteiger partial charge in [-0.2, -0.15) is 11.8 Å². The van der Waals surface area contributed by atoms with E-state index in [9.17, 15) is 0 Å². The lowest BCUT2D eigenvalue weighted by Crippen LogP contribution is -2.29. The minimum atomic E-state index is 0.418. The second kappa shape index (κ2) is 7.41. The lowest BCUT2D eigenvalue weighted by atomic mass is 9.92. The topological polar surface area (TPSA) is 21.3 Å². The number of hydrogen-bond acceptors (Lipinski definition) is 3. The highest BCUT2D eigenvalue weighted by molar-refractivity contribution is 7.99. The summed E-state index contributed by atoms with van der Waals surface area (Å²) in [7, 11) is 1.67. The van der Waals surface area contributed by atoms with Gasteiger partial charge in [0.25, 0.3) is 0 Å². The molecule has 1 aliphatic rings. The van der Waals surface area contributed by atoms with E-state index in [1.807, 2.05) is 6.07 Å². The first kappa shape index (κ1) is 15.0. The van der Waals surface area contributed by atoms with E-state index >= 15 is 0 Å². The highest BCUT2D eigenvalue weighted by Gasteiger charge is 2.26. The Kier molecular flexibility index (Phi) is 5.86. The zero-order valence-electron chi connectivity index (χ0n) is 11.6. The number of methoxy groups -OCH3 is 1. The van der Waals surface area contributed by atoms with Crippen molar-refractivity contribution in [3.63, 3.8) is 0 Å². The molecule has 0 aliphatic carbocycles. The van der Waals surface area contributed by atoms with Crippen molar-refractivity contribution in [3.05, 3.63) is 28.8 Å². The van der Waals surface area contributed by atoms with Gasteiger partial charge in [0.15, 0.2) is 0 Å². The van der Waals surface area contributed by atoms with E-state index in [4.69, 9.17) is 16.3 Å². The van der Waals surface area contributed by atoms with E-state index in [0.717, 1.165) is 18.7 Å². The third-order valence-corrected chi connectivity index (χ3v) is 5.09. The second-order valence-electron chi connectivity index (χ2n) is 4.95. The Bertz CT molecular complexity index is 407. The van der Waals surface area contributed by atoms with E-state index in [-0.39, 0.29) is 0 Å². The van der Waals surface area contributed by atoms with Gasteiger partial charge in [-0.05, 0) is 54.5 Å². The van der Waals surface area contributed by atoms with Crippen LogP contribution in [0, 0.1) is 5.92 Å². The molecule has 1 fully saturated rings. The van der Waals surface area contributed by atoms with Crippen LogP contribution in [-0.2, 0) is 0 Å². The Morgan fingerprint density at radius 1 is 1.53 bits per heavy atom. The number of nitrogens with one attached hydrogen (secondary N) is 1. The number of thioether (sulfide) groups is 1. The molecule has 1 aliphatic heterocycles. The summed E-state index contributed by atoms with van der Waals surface area (Å²) in [5, 5.41) is 4.37. The highest BCUT2D eigenvalue weighted by Crippen LogP contribution is 2.36. The fraction of sp³-hybridized carbons (Fsp3) is 0.600. The Morgan fingerprint density at radius 3 is 3.00 bits per heavy atom. The maximum absolute atomic E-state index is 6.12. The van der Waals surface area contributed by atoms with Crippen molar-refractivity contribution in [2.75, 3.05) is 25.2 Å². The van der Waals surface area contributed by atoms with Crippen molar-refractivity contribution in [3.8, 4) is 5.75 Å². The lowest BCUT2D eigenvalue weighted by Gasteiger charge is -2.25. The van der Waals surface area contributed by atoms with Crippen LogP contribution in [0.2, 0.25) is 5.02 Å². The number of hydrogen-bond donors (Lipinski definition) is 1. The van der Waals surface area contributed by atoms with Gasteiger partial charge in [0, 0.05) is 6.04 Å². The van der Waals surface area contributed by atoms with Crippen LogP contribution in [-0.4, -0.2) is 25.2 Å². The summed E-state index contributed by atoms with van der Waals surface area (Å²) >= 11 is 8.17. The van der Waals surface area contributed by atoms with Crippen molar-refractivity contribution < 1.29 is 4.74 Å². The second-order valence-corrected chi connectivity index (χ2v) is 6.51. The Balaban J connectivity index is 2.20. The monoisotopic (exact) mass is 299 g/mol. The van der Waals surface area contributed by atoms with E-state index in [2.05, 4.69) is 36.1 Å². The average molecular weight is 300 g/mol. The summed E-state index contributed by atoms with van der Waals surface area (Å²) in [5.41, 5.74) is 1.29. The molecule has 106 valence electrons. The molecule has 0 spiro atoms. The van der Waals surface area contributed by atoms with Crippen LogP contribution in [0.4, 0.5) is 0 Å². The van der Waals surface area contributed by atoms with Crippen LogP contribution >= 0.6 is 23.4 Å². The number of halogens is 1. The standard InChI is InChI=1S/C15H22ClNOS/c1-3-7-17-15(12-6-8-19-10-12)11-4-5-13(16)14(9-11)18-2/h4-5,9,12,15,17H,3,6-8,10H2,1-2H3. The SMILES string of the molecule is CCCNC(c1ccc(Cl)c(OC)c1)C1CCSC1. The maximum Gasteiger partial charge on any atom is 0.137 e. The Hall–Kier alpha value is -0.380. The lowest BCUT2D eigenvalue weighted by molar-refractivity contribution is 0.387. The van der Waals surface area contributed by atoms with E-state index < -0.39 is 0 Å². The summed E-state index contributed by atoms with van der Waals surface area (Å²) < 4.78 is 5.34. The number of benzene rings is 1. The van der Waals surface area contributed by atoms with Crippen molar-refractivity contribution in [1.29, 1.82) is 0 Å². The first-order valence-electron chi connectivity index (χ1n) is 6.90. The summed E-state index contributed by atoms with van der Waals surface area (Å²) in [6.07, 6.45) is 2.44. The van der Waals surface area contributed by atoms with Crippen molar-refractivity contribution in [2.45, 2.75) is 25.8 Å². The molecule has 0 saturated carbocycles. The normalized spacial score (nSPS) is 20.5. The Morgan fingerprint density at radius 2 is 2.37 bits per heavy atom. The van der Waals surface area contributed by atoms with Crippen LogP contribution < -0.4 is 10.1 Å². The third kappa shape index (κ3) is 3.80. The molecule has 19 heavy (non-hydrogen) atoms. The molecule has 1 heterocycles. The molecule has 0 aromatic heterocycles. The minimum absolute atomic E-state index is 0.418. The smallest absolute Gasteiger partial charge is 0.137 e. The predicted octanol–water partition coefficient (Wildman–Crippen LogP) is 4.14. The highest BCUT2D eigenvalue weighted by atomic mass is 35.5. The van der Waals surface area contributed by atoms with Gasteiger partial charge in [0.1, 0.15) is 5.75 Å². The molecule has 2 atom stereocenters. The number of rotatable bonds is 6. The summed E-state index contributed by atoms with van der Waals surface area (Å²) in [6, 6.07) is 6.57. The first-order chi connectivity index (χ1) is 9.26. The molecule has 0 bridgehead atoms. The van der Waals surface area contributed by atoms with Gasteiger partial charge >= 0.3 is 0 Å². The van der Waals surface area contributed by atoms with Crippen LogP contribution in [0.5, 0.6) is 5.75 Å². The van der Waals surface area contributed by atoms with Crippen LogP contribution in [0.25, 0.3) is 0 Å². The fourth-order valence-corrected chi connectivity index (χ4v) is 4.03. The van der Waals surface area contributed by atoms with E-state index in [1.54, 1.807) is 7.11 Å². The molecule has 2 unspecified atom stereocenters. The minimum Gasteiger partial charge on any atom is -0.495 e. The maximum atomic E-state index is 6.12. The summed E-state index contributed by atoms with van der Waals surface area (Å²) in [5.74, 6) is 4.00. The van der Waals surface area contributed by atoms with Crippen molar-refractivity contribution >= 4 is 23.4 Å². The molecule has 2 rings (SSSR count). The molecule has 0 radical (unpaired) electrons. The van der Waals surface area contributed by atoms with E-state index in [1.165, 1.54) is 23.5 Å². The largest absolute Gasteiger partial charge is 0.495 e. The van der Waals surface area contributed by atoms with Gasteiger partial charge in [-0.3, -0.25) is 0 Å². The Labute approximate surface area is 125 Å². The molecular weight excluding hydrogens is 278 g/mol. The number of ether oxygens (including phenoxy) is 1. The molecule has 1 aromatic carbocycles. The van der Waals surface area contributed by atoms with Gasteiger partial charge in [-0.1, -0.05) is 24.6 Å². The molecular formula is C15H22ClNOS. The summed E-state index contributed by atoms with van der Waals surface area (Å²) in [6.45, 7) is 3.26. The van der Waals surface area contributed by atoms with E-state index in [0.29, 0.717) is 17.0 Å². The van der Waals surface area contributed by atoms with Crippen LogP contribution in [0.15, 0.2) is 18.2 Å². The van der Waals surface area contributed by atoms with Gasteiger partial charge < -0.3 is 10.1 Å². The van der Waals surface area contributed by atoms with Gasteiger partial charge in [0.2, 0.25) is 0 Å². The average Bonchev–Trinajstić information content (AvgIpc) is 2.95. The van der Waals surface area contributed by atoms with Crippen molar-refractivity contribution in [2.24, 2.45) is 5.92 Å². The predicted molar refractivity (Wildman–Crippen MR) is 84.5 cm³/mol. The third-order valence-electron chi connectivity index (χ3n) is 3.58. The first-order valence-corrected chi connectivity index (χ1v) is 8.44. The zero-order chi connectivity index (χ0) is 13.7. The zero-order valence-corrected chi connectivity index (χ0v) is 13.2. The molecule has 4 heteroatoms. The van der Waals surface area contributed by atoms with Crippen molar-refractivity contribution in [1.82, 2.24) is 5.32 Å².